The van der Waals surface area contributed by atoms with E-state index in [2.05, 4.69) is 27.3 Å². The maximum atomic E-state index is 6.28. The Morgan fingerprint density at radius 3 is 2.58 bits per heavy atom. The summed E-state index contributed by atoms with van der Waals surface area (Å²) in [5.74, 6) is 0. The molecular weight excluding hydrogens is 254 g/mol. The molecule has 1 aliphatic heterocycles. The molecule has 1 aliphatic carbocycles. The second-order valence-corrected chi connectivity index (χ2v) is 6.88. The first kappa shape index (κ1) is 13.6. The molecule has 0 amide bonds. The first-order chi connectivity index (χ1) is 9.33. The van der Waals surface area contributed by atoms with Gasteiger partial charge in [-0.25, -0.2) is 0 Å². The van der Waals surface area contributed by atoms with E-state index in [1.165, 1.54) is 56.7 Å². The lowest BCUT2D eigenvalue weighted by Gasteiger charge is -2.38. The largest absolute Gasteiger partial charge is 0.322 e. The van der Waals surface area contributed by atoms with Crippen molar-refractivity contribution in [1.82, 2.24) is 9.80 Å². The number of hydrogen-bond acceptors (Lipinski definition) is 4. The average molecular weight is 279 g/mol. The van der Waals surface area contributed by atoms with E-state index in [9.17, 15) is 0 Å². The number of piperazine rings is 1. The van der Waals surface area contributed by atoms with Gasteiger partial charge in [-0.1, -0.05) is 18.9 Å². The van der Waals surface area contributed by atoms with Crippen LogP contribution in [0.15, 0.2) is 17.5 Å². The summed E-state index contributed by atoms with van der Waals surface area (Å²) in [6, 6.07) is 5.33. The maximum Gasteiger partial charge on any atom is 0.0519 e. The molecule has 1 atom stereocenters. The molecule has 1 aromatic heterocycles. The maximum absolute atomic E-state index is 6.28. The molecule has 4 heteroatoms. The van der Waals surface area contributed by atoms with Crippen LogP contribution in [-0.4, -0.2) is 48.6 Å². The molecular formula is C15H25N3S. The smallest absolute Gasteiger partial charge is 0.0519 e. The van der Waals surface area contributed by atoms with Gasteiger partial charge in [0, 0.05) is 43.6 Å². The van der Waals surface area contributed by atoms with Crippen LogP contribution in [0.5, 0.6) is 0 Å². The zero-order valence-corrected chi connectivity index (χ0v) is 12.4. The third-order valence-corrected chi connectivity index (χ3v) is 5.62. The van der Waals surface area contributed by atoms with Crippen molar-refractivity contribution in [3.63, 3.8) is 0 Å². The van der Waals surface area contributed by atoms with Gasteiger partial charge in [0.05, 0.1) is 6.04 Å². The summed E-state index contributed by atoms with van der Waals surface area (Å²) in [5, 5.41) is 2.12. The second-order valence-electron chi connectivity index (χ2n) is 5.90. The van der Waals surface area contributed by atoms with Crippen molar-refractivity contribution >= 4 is 11.3 Å². The molecule has 2 N–H and O–H groups in total. The summed E-state index contributed by atoms with van der Waals surface area (Å²) < 4.78 is 0. The summed E-state index contributed by atoms with van der Waals surface area (Å²) in [4.78, 5) is 6.56. The van der Waals surface area contributed by atoms with Gasteiger partial charge in [0.25, 0.3) is 0 Å². The lowest BCUT2D eigenvalue weighted by molar-refractivity contribution is 0.0944. The van der Waals surface area contributed by atoms with Gasteiger partial charge in [-0.2, -0.15) is 0 Å². The Labute approximate surface area is 120 Å². The molecule has 19 heavy (non-hydrogen) atoms. The van der Waals surface area contributed by atoms with Crippen LogP contribution >= 0.6 is 11.3 Å². The van der Waals surface area contributed by atoms with Gasteiger partial charge >= 0.3 is 0 Å². The highest BCUT2D eigenvalue weighted by molar-refractivity contribution is 7.10. The second kappa shape index (κ2) is 6.35. The Morgan fingerprint density at radius 2 is 1.95 bits per heavy atom. The van der Waals surface area contributed by atoms with Gasteiger partial charge in [0.1, 0.15) is 0 Å². The summed E-state index contributed by atoms with van der Waals surface area (Å²) >= 11 is 1.78. The Kier molecular flexibility index (Phi) is 4.53. The van der Waals surface area contributed by atoms with Crippen molar-refractivity contribution < 1.29 is 0 Å². The highest BCUT2D eigenvalue weighted by Gasteiger charge is 2.26. The topological polar surface area (TPSA) is 32.5 Å². The fourth-order valence-corrected chi connectivity index (χ4v) is 4.17. The molecule has 1 saturated heterocycles. The number of hydrogen-bond donors (Lipinski definition) is 1. The third kappa shape index (κ3) is 3.37. The van der Waals surface area contributed by atoms with Crippen molar-refractivity contribution in [3.8, 4) is 0 Å². The zero-order chi connectivity index (χ0) is 13.1. The average Bonchev–Trinajstić information content (AvgIpc) is 3.13. The quantitative estimate of drug-likeness (QED) is 0.918. The van der Waals surface area contributed by atoms with Crippen molar-refractivity contribution in [2.45, 2.75) is 37.8 Å². The molecule has 106 valence electrons. The Hall–Kier alpha value is -0.420. The van der Waals surface area contributed by atoms with E-state index in [4.69, 9.17) is 5.73 Å². The monoisotopic (exact) mass is 279 g/mol. The molecule has 0 radical (unpaired) electrons. The Morgan fingerprint density at radius 1 is 1.21 bits per heavy atom. The minimum absolute atomic E-state index is 0.193. The first-order valence-electron chi connectivity index (χ1n) is 7.58. The summed E-state index contributed by atoms with van der Waals surface area (Å²) in [6.45, 7) is 5.87. The minimum Gasteiger partial charge on any atom is -0.322 e. The van der Waals surface area contributed by atoms with Crippen LogP contribution in [0.3, 0.4) is 0 Å². The number of nitrogens with zero attached hydrogens (tertiary/aromatic N) is 2. The summed E-state index contributed by atoms with van der Waals surface area (Å²) in [5.41, 5.74) is 6.28. The molecule has 1 saturated carbocycles. The zero-order valence-electron chi connectivity index (χ0n) is 11.6. The Balaban J connectivity index is 1.45. The van der Waals surface area contributed by atoms with Crippen molar-refractivity contribution in [3.05, 3.63) is 22.4 Å². The fourth-order valence-electron chi connectivity index (χ4n) is 3.45. The van der Waals surface area contributed by atoms with Gasteiger partial charge in [-0.05, 0) is 24.3 Å². The number of nitrogens with two attached hydrogens (primary N) is 1. The minimum atomic E-state index is 0.193. The van der Waals surface area contributed by atoms with Gasteiger partial charge in [0.2, 0.25) is 0 Å². The number of thiophene rings is 1. The molecule has 0 aromatic carbocycles. The normalized spacial score (nSPS) is 24.9. The lowest BCUT2D eigenvalue weighted by Crippen LogP contribution is -2.50. The third-order valence-electron chi connectivity index (χ3n) is 4.61. The van der Waals surface area contributed by atoms with Crippen LogP contribution in [0.4, 0.5) is 0 Å². The van der Waals surface area contributed by atoms with Crippen LogP contribution < -0.4 is 5.73 Å². The van der Waals surface area contributed by atoms with Gasteiger partial charge in [0.15, 0.2) is 0 Å². The molecule has 2 fully saturated rings. The van der Waals surface area contributed by atoms with E-state index in [0.717, 1.165) is 12.6 Å². The van der Waals surface area contributed by atoms with Crippen LogP contribution in [0.2, 0.25) is 0 Å². The molecule has 0 bridgehead atoms. The molecule has 1 aromatic rings. The van der Waals surface area contributed by atoms with E-state index < -0.39 is 0 Å². The lowest BCUT2D eigenvalue weighted by atomic mass is 10.1. The molecule has 2 heterocycles. The molecule has 1 unspecified atom stereocenters. The van der Waals surface area contributed by atoms with Crippen molar-refractivity contribution in [1.29, 1.82) is 0 Å². The predicted octanol–water partition coefficient (Wildman–Crippen LogP) is 2.31. The predicted molar refractivity (Wildman–Crippen MR) is 81.5 cm³/mol. The molecule has 0 spiro atoms. The van der Waals surface area contributed by atoms with E-state index in [1.807, 2.05) is 0 Å². The van der Waals surface area contributed by atoms with Crippen molar-refractivity contribution in [2.24, 2.45) is 5.73 Å². The van der Waals surface area contributed by atoms with Crippen molar-refractivity contribution in [2.75, 3.05) is 32.7 Å². The van der Waals surface area contributed by atoms with E-state index in [1.54, 1.807) is 11.3 Å². The highest BCUT2D eigenvalue weighted by Crippen LogP contribution is 2.25. The van der Waals surface area contributed by atoms with E-state index >= 15 is 0 Å². The SMILES string of the molecule is NC(CN1CCN(C2CCCC2)CC1)c1cccs1. The van der Waals surface area contributed by atoms with Crippen LogP contribution in [0, 0.1) is 0 Å². The standard InChI is InChI=1S/C15H25N3S/c16-14(15-6-3-11-19-15)12-17-7-9-18(10-8-17)13-4-1-2-5-13/h3,6,11,13-14H,1-2,4-5,7-10,12,16H2. The molecule has 3 nitrogen and oxygen atoms in total. The molecule has 2 aliphatic rings. The van der Waals surface area contributed by atoms with E-state index in [-0.39, 0.29) is 6.04 Å². The summed E-state index contributed by atoms with van der Waals surface area (Å²) in [6.07, 6.45) is 5.73. The number of rotatable bonds is 4. The van der Waals surface area contributed by atoms with Gasteiger partial charge < -0.3 is 5.73 Å². The van der Waals surface area contributed by atoms with Gasteiger partial charge in [-0.3, -0.25) is 9.80 Å². The van der Waals surface area contributed by atoms with E-state index in [0.29, 0.717) is 0 Å². The summed E-state index contributed by atoms with van der Waals surface area (Å²) in [7, 11) is 0. The highest BCUT2D eigenvalue weighted by atomic mass is 32.1. The van der Waals surface area contributed by atoms with Crippen LogP contribution in [-0.2, 0) is 0 Å². The van der Waals surface area contributed by atoms with Crippen LogP contribution in [0.1, 0.15) is 36.6 Å². The Bertz CT molecular complexity index is 365. The van der Waals surface area contributed by atoms with Gasteiger partial charge in [-0.15, -0.1) is 11.3 Å². The van der Waals surface area contributed by atoms with Crippen LogP contribution in [0.25, 0.3) is 0 Å². The fraction of sp³-hybridized carbons (Fsp3) is 0.733. The first-order valence-corrected chi connectivity index (χ1v) is 8.46. The molecule has 3 rings (SSSR count).